The molecule has 0 aliphatic heterocycles. The largest absolute Gasteiger partial charge is 0.310 e. The maximum atomic E-state index is 12.3. The van der Waals surface area contributed by atoms with Crippen molar-refractivity contribution in [1.29, 1.82) is 0 Å². The van der Waals surface area contributed by atoms with Crippen LogP contribution < -0.4 is 10.0 Å². The molecule has 1 heterocycles. The Morgan fingerprint density at radius 2 is 1.95 bits per heavy atom. The molecule has 0 amide bonds. The molecular formula is C14H25BrN2O2S2. The van der Waals surface area contributed by atoms with Gasteiger partial charge in [-0.1, -0.05) is 34.6 Å². The highest BCUT2D eigenvalue weighted by Gasteiger charge is 2.21. The van der Waals surface area contributed by atoms with E-state index in [4.69, 9.17) is 0 Å². The quantitative estimate of drug-likeness (QED) is 0.737. The molecule has 7 heteroatoms. The van der Waals surface area contributed by atoms with Crippen LogP contribution in [-0.2, 0) is 16.6 Å². The average molecular weight is 397 g/mol. The third-order valence-electron chi connectivity index (χ3n) is 2.85. The van der Waals surface area contributed by atoms with Crippen molar-refractivity contribution in [2.75, 3.05) is 6.54 Å². The van der Waals surface area contributed by atoms with E-state index in [2.05, 4.69) is 60.6 Å². The molecule has 0 radical (unpaired) electrons. The summed E-state index contributed by atoms with van der Waals surface area (Å²) in [5.41, 5.74) is 0.112. The van der Waals surface area contributed by atoms with Crippen LogP contribution in [0.1, 0.15) is 45.9 Å². The van der Waals surface area contributed by atoms with Gasteiger partial charge in [-0.05, 0) is 33.8 Å². The van der Waals surface area contributed by atoms with Crippen LogP contribution in [0.25, 0.3) is 0 Å². The van der Waals surface area contributed by atoms with Gasteiger partial charge in [0.15, 0.2) is 0 Å². The smallest absolute Gasteiger partial charge is 0.242 e. The van der Waals surface area contributed by atoms with Gasteiger partial charge in [0.1, 0.15) is 4.90 Å². The molecule has 0 spiro atoms. The summed E-state index contributed by atoms with van der Waals surface area (Å²) in [6.07, 6.45) is 0.801. The molecule has 0 saturated carbocycles. The summed E-state index contributed by atoms with van der Waals surface area (Å²) in [6.45, 7) is 11.5. The lowest BCUT2D eigenvalue weighted by molar-refractivity contribution is 0.378. The van der Waals surface area contributed by atoms with E-state index in [0.29, 0.717) is 27.8 Å². The third-order valence-corrected chi connectivity index (χ3v) is 6.56. The average Bonchev–Trinajstić information content (AvgIpc) is 2.66. The fraction of sp³-hybridized carbons (Fsp3) is 0.714. The first-order valence-corrected chi connectivity index (χ1v) is 10.1. The topological polar surface area (TPSA) is 58.2 Å². The first-order chi connectivity index (χ1) is 9.51. The van der Waals surface area contributed by atoms with Crippen LogP contribution in [0.3, 0.4) is 0 Å². The number of rotatable bonds is 7. The van der Waals surface area contributed by atoms with Crippen molar-refractivity contribution < 1.29 is 8.42 Å². The summed E-state index contributed by atoms with van der Waals surface area (Å²) < 4.78 is 28.0. The van der Waals surface area contributed by atoms with Crippen LogP contribution in [0.2, 0.25) is 0 Å². The molecule has 2 N–H and O–H groups in total. The van der Waals surface area contributed by atoms with E-state index in [0.717, 1.165) is 11.3 Å². The zero-order valence-corrected chi connectivity index (χ0v) is 16.5. The Hall–Kier alpha value is 0.0500. The second kappa shape index (κ2) is 7.55. The lowest BCUT2D eigenvalue weighted by Gasteiger charge is -2.17. The van der Waals surface area contributed by atoms with Gasteiger partial charge in [-0.15, -0.1) is 11.3 Å². The van der Waals surface area contributed by atoms with Gasteiger partial charge in [0, 0.05) is 24.0 Å². The second-order valence-corrected chi connectivity index (χ2v) is 10.8. The molecule has 122 valence electrons. The molecule has 0 unspecified atom stereocenters. The first-order valence-electron chi connectivity index (χ1n) is 7.02. The minimum atomic E-state index is -3.45. The Bertz CT molecular complexity index is 560. The SMILES string of the molecule is CC(C)NCc1cc(S(=O)(=O)NCCC(C)(C)C)c(Br)s1. The maximum absolute atomic E-state index is 12.3. The molecule has 0 atom stereocenters. The number of sulfonamides is 1. The van der Waals surface area contributed by atoms with Crippen LogP contribution in [0.15, 0.2) is 14.7 Å². The normalized spacial score (nSPS) is 13.1. The van der Waals surface area contributed by atoms with Crippen molar-refractivity contribution in [3.8, 4) is 0 Å². The van der Waals surface area contributed by atoms with Gasteiger partial charge in [-0.2, -0.15) is 0 Å². The number of hydrogen-bond donors (Lipinski definition) is 2. The predicted molar refractivity (Wildman–Crippen MR) is 93.3 cm³/mol. The summed E-state index contributed by atoms with van der Waals surface area (Å²) in [5, 5.41) is 3.29. The lowest BCUT2D eigenvalue weighted by Crippen LogP contribution is -2.27. The Morgan fingerprint density at radius 3 is 2.48 bits per heavy atom. The van der Waals surface area contributed by atoms with E-state index in [1.54, 1.807) is 6.07 Å². The van der Waals surface area contributed by atoms with Gasteiger partial charge < -0.3 is 5.32 Å². The fourth-order valence-electron chi connectivity index (χ4n) is 1.61. The van der Waals surface area contributed by atoms with Gasteiger partial charge in [-0.25, -0.2) is 13.1 Å². The molecule has 0 aromatic carbocycles. The zero-order valence-electron chi connectivity index (χ0n) is 13.3. The maximum Gasteiger partial charge on any atom is 0.242 e. The standard InChI is InChI=1S/C14H25BrN2O2S2/c1-10(2)16-9-11-8-12(13(15)20-11)21(18,19)17-7-6-14(3,4)5/h8,10,16-17H,6-7,9H2,1-5H3. The molecule has 1 rings (SSSR count). The van der Waals surface area contributed by atoms with Gasteiger partial charge in [-0.3, -0.25) is 0 Å². The summed E-state index contributed by atoms with van der Waals surface area (Å²) in [7, 11) is -3.45. The van der Waals surface area contributed by atoms with E-state index < -0.39 is 10.0 Å². The van der Waals surface area contributed by atoms with E-state index in [1.807, 2.05) is 0 Å². The molecule has 1 aromatic rings. The third kappa shape index (κ3) is 6.78. The monoisotopic (exact) mass is 396 g/mol. The lowest BCUT2D eigenvalue weighted by atomic mass is 9.93. The Labute approximate surface area is 140 Å². The Kier molecular flexibility index (Phi) is 6.86. The van der Waals surface area contributed by atoms with E-state index in [1.165, 1.54) is 11.3 Å². The van der Waals surface area contributed by atoms with Crippen molar-refractivity contribution in [2.45, 2.75) is 58.5 Å². The fourth-order valence-corrected chi connectivity index (χ4v) is 5.27. The highest BCUT2D eigenvalue weighted by atomic mass is 79.9. The van der Waals surface area contributed by atoms with Crippen LogP contribution in [0, 0.1) is 5.41 Å². The summed E-state index contributed by atoms with van der Waals surface area (Å²) in [6, 6.07) is 2.11. The molecule has 0 fully saturated rings. The molecule has 1 aromatic heterocycles. The molecule has 4 nitrogen and oxygen atoms in total. The minimum Gasteiger partial charge on any atom is -0.310 e. The first kappa shape index (κ1) is 19.1. The molecule has 0 aliphatic rings. The molecule has 0 saturated heterocycles. The highest BCUT2D eigenvalue weighted by molar-refractivity contribution is 9.11. The van der Waals surface area contributed by atoms with E-state index in [9.17, 15) is 8.42 Å². The van der Waals surface area contributed by atoms with Crippen molar-refractivity contribution in [3.63, 3.8) is 0 Å². The van der Waals surface area contributed by atoms with Crippen LogP contribution >= 0.6 is 27.3 Å². The van der Waals surface area contributed by atoms with E-state index in [-0.39, 0.29) is 5.41 Å². The van der Waals surface area contributed by atoms with Crippen LogP contribution in [0.5, 0.6) is 0 Å². The molecule has 0 bridgehead atoms. The highest BCUT2D eigenvalue weighted by Crippen LogP contribution is 2.31. The molecule has 0 aliphatic carbocycles. The predicted octanol–water partition coefficient (Wildman–Crippen LogP) is 3.72. The Balaban J connectivity index is 2.74. The van der Waals surface area contributed by atoms with Crippen molar-refractivity contribution in [1.82, 2.24) is 10.0 Å². The Morgan fingerprint density at radius 1 is 1.33 bits per heavy atom. The van der Waals surface area contributed by atoms with Crippen LogP contribution in [0.4, 0.5) is 0 Å². The minimum absolute atomic E-state index is 0.112. The number of thiophene rings is 1. The van der Waals surface area contributed by atoms with Crippen molar-refractivity contribution in [2.24, 2.45) is 5.41 Å². The number of hydrogen-bond acceptors (Lipinski definition) is 4. The van der Waals surface area contributed by atoms with Crippen LogP contribution in [-0.4, -0.2) is 21.0 Å². The van der Waals surface area contributed by atoms with E-state index >= 15 is 0 Å². The number of halogens is 1. The van der Waals surface area contributed by atoms with Gasteiger partial charge >= 0.3 is 0 Å². The molecular weight excluding hydrogens is 372 g/mol. The van der Waals surface area contributed by atoms with Crippen molar-refractivity contribution in [3.05, 3.63) is 14.7 Å². The zero-order chi connectivity index (χ0) is 16.3. The molecule has 21 heavy (non-hydrogen) atoms. The van der Waals surface area contributed by atoms with Gasteiger partial charge in [0.25, 0.3) is 0 Å². The summed E-state index contributed by atoms with van der Waals surface area (Å²) >= 11 is 4.82. The number of nitrogens with one attached hydrogen (secondary N) is 2. The summed E-state index contributed by atoms with van der Waals surface area (Å²) in [5.74, 6) is 0. The second-order valence-electron chi connectivity index (χ2n) is 6.59. The van der Waals surface area contributed by atoms with Crippen molar-refractivity contribution >= 4 is 37.3 Å². The van der Waals surface area contributed by atoms with Gasteiger partial charge in [0.2, 0.25) is 10.0 Å². The summed E-state index contributed by atoms with van der Waals surface area (Å²) in [4.78, 5) is 1.34. The van der Waals surface area contributed by atoms with Gasteiger partial charge in [0.05, 0.1) is 3.79 Å².